The number of anilines is 2. The fourth-order valence-electron chi connectivity index (χ4n) is 2.63. The Balaban J connectivity index is 1.70. The summed E-state index contributed by atoms with van der Waals surface area (Å²) in [7, 11) is 0. The van der Waals surface area contributed by atoms with Crippen LogP contribution in [0.3, 0.4) is 0 Å². The van der Waals surface area contributed by atoms with Crippen molar-refractivity contribution < 1.29 is 4.79 Å². The maximum Gasteiger partial charge on any atom is 0.249 e. The summed E-state index contributed by atoms with van der Waals surface area (Å²) in [5.74, 6) is 0.874. The van der Waals surface area contributed by atoms with Gasteiger partial charge in [-0.3, -0.25) is 4.79 Å². The van der Waals surface area contributed by atoms with Crippen molar-refractivity contribution in [3.8, 4) is 0 Å². The lowest BCUT2D eigenvalue weighted by atomic mass is 9.96. The Labute approximate surface area is 140 Å². The summed E-state index contributed by atoms with van der Waals surface area (Å²) in [4.78, 5) is 19.1. The molecule has 2 aromatic rings. The van der Waals surface area contributed by atoms with E-state index >= 15 is 0 Å². The molecule has 5 nitrogen and oxygen atoms in total. The van der Waals surface area contributed by atoms with E-state index in [1.165, 1.54) is 17.1 Å². The molecule has 2 heterocycles. The van der Waals surface area contributed by atoms with Crippen molar-refractivity contribution in [1.82, 2.24) is 9.36 Å². The molecule has 1 atom stereocenters. The van der Waals surface area contributed by atoms with Gasteiger partial charge in [0.2, 0.25) is 11.0 Å². The fraction of sp³-hybridized carbons (Fsp3) is 0.471. The molecule has 0 aliphatic carbocycles. The van der Waals surface area contributed by atoms with Crippen LogP contribution in [0.15, 0.2) is 24.3 Å². The Morgan fingerprint density at radius 2 is 2.09 bits per heavy atom. The first kappa shape index (κ1) is 15.9. The average molecular weight is 330 g/mol. The minimum atomic E-state index is -0.332. The number of carbonyl (C=O) groups is 1. The normalized spacial score (nSPS) is 15.4. The smallest absolute Gasteiger partial charge is 0.249 e. The molecule has 0 bridgehead atoms. The Kier molecular flexibility index (Phi) is 4.10. The number of rotatable bonds is 3. The van der Waals surface area contributed by atoms with Crippen LogP contribution >= 0.6 is 11.5 Å². The van der Waals surface area contributed by atoms with Crippen molar-refractivity contribution >= 4 is 28.3 Å². The number of nitrogens with zero attached hydrogens (tertiary/aromatic N) is 3. The van der Waals surface area contributed by atoms with Gasteiger partial charge >= 0.3 is 0 Å². The van der Waals surface area contributed by atoms with E-state index in [-0.39, 0.29) is 17.4 Å². The summed E-state index contributed by atoms with van der Waals surface area (Å²) >= 11 is 1.31. The molecule has 1 amide bonds. The number of carbonyl (C=O) groups excluding carboxylic acids is 1. The lowest BCUT2D eigenvalue weighted by Gasteiger charge is -2.22. The van der Waals surface area contributed by atoms with Crippen LogP contribution in [0.1, 0.15) is 39.1 Å². The lowest BCUT2D eigenvalue weighted by Crippen LogP contribution is -2.40. The van der Waals surface area contributed by atoms with E-state index in [2.05, 4.69) is 41.5 Å². The zero-order valence-corrected chi connectivity index (χ0v) is 14.8. The number of fused-ring (bicyclic) bond motifs is 1. The van der Waals surface area contributed by atoms with Gasteiger partial charge in [-0.25, -0.2) is 4.98 Å². The van der Waals surface area contributed by atoms with E-state index in [9.17, 15) is 4.79 Å². The Hall–Kier alpha value is -1.95. The van der Waals surface area contributed by atoms with Crippen molar-refractivity contribution in [1.29, 1.82) is 0 Å². The Morgan fingerprint density at radius 3 is 2.78 bits per heavy atom. The van der Waals surface area contributed by atoms with Gasteiger partial charge in [-0.2, -0.15) is 4.37 Å². The maximum atomic E-state index is 12.7. The minimum absolute atomic E-state index is 0.0717. The highest BCUT2D eigenvalue weighted by molar-refractivity contribution is 7.09. The second-order valence-electron chi connectivity index (χ2n) is 6.91. The third kappa shape index (κ3) is 3.22. The molecule has 6 heteroatoms. The molecule has 0 fully saturated rings. The maximum absolute atomic E-state index is 12.7. The van der Waals surface area contributed by atoms with Crippen LogP contribution in [0, 0.1) is 0 Å². The molecule has 0 saturated heterocycles. The van der Waals surface area contributed by atoms with Crippen molar-refractivity contribution in [2.75, 3.05) is 16.8 Å². The number of para-hydroxylation sites is 1. The third-order valence-corrected chi connectivity index (χ3v) is 4.61. The zero-order chi connectivity index (χ0) is 16.6. The fourth-order valence-corrected chi connectivity index (χ4v) is 3.48. The van der Waals surface area contributed by atoms with Gasteiger partial charge in [0, 0.05) is 29.2 Å². The summed E-state index contributed by atoms with van der Waals surface area (Å²) in [6.07, 6.45) is 0.918. The van der Waals surface area contributed by atoms with Gasteiger partial charge in [-0.1, -0.05) is 39.0 Å². The highest BCUT2D eigenvalue weighted by atomic mass is 32.1. The predicted molar refractivity (Wildman–Crippen MR) is 94.2 cm³/mol. The van der Waals surface area contributed by atoms with Crippen LogP contribution in [-0.4, -0.2) is 27.9 Å². The van der Waals surface area contributed by atoms with E-state index in [1.807, 2.05) is 30.0 Å². The summed E-state index contributed by atoms with van der Waals surface area (Å²) < 4.78 is 4.38. The Bertz CT molecular complexity index is 719. The summed E-state index contributed by atoms with van der Waals surface area (Å²) in [5, 5.41) is 3.89. The number of hydrogen-bond donors (Lipinski definition) is 1. The minimum Gasteiger partial charge on any atom is -0.349 e. The standard InChI is InChI=1S/C17H22N4OS/c1-11(18-16-19-15(20-23-16)17(2,3)4)14(22)21-10-9-12-7-5-6-8-13(12)21/h5-8,11H,9-10H2,1-4H3,(H,18,19,20). The van der Waals surface area contributed by atoms with Gasteiger partial charge in [0.05, 0.1) is 0 Å². The summed E-state index contributed by atoms with van der Waals surface area (Å²) in [5.41, 5.74) is 2.18. The molecule has 1 aliphatic rings. The van der Waals surface area contributed by atoms with Crippen molar-refractivity contribution in [2.45, 2.75) is 45.6 Å². The highest BCUT2D eigenvalue weighted by Crippen LogP contribution is 2.28. The van der Waals surface area contributed by atoms with Crippen LogP contribution in [0.4, 0.5) is 10.8 Å². The second-order valence-corrected chi connectivity index (χ2v) is 7.66. The van der Waals surface area contributed by atoms with Gasteiger partial charge in [-0.05, 0) is 25.0 Å². The number of benzene rings is 1. The SMILES string of the molecule is CC(Nc1nc(C(C)(C)C)ns1)C(=O)N1CCc2ccccc21. The van der Waals surface area contributed by atoms with Gasteiger partial charge < -0.3 is 10.2 Å². The molecule has 0 saturated carbocycles. The number of hydrogen-bond acceptors (Lipinski definition) is 5. The van der Waals surface area contributed by atoms with E-state index in [4.69, 9.17) is 0 Å². The molecular formula is C17H22N4OS. The largest absolute Gasteiger partial charge is 0.349 e. The molecular weight excluding hydrogens is 308 g/mol. The van der Waals surface area contributed by atoms with Gasteiger partial charge in [0.15, 0.2) is 0 Å². The molecule has 0 spiro atoms. The van der Waals surface area contributed by atoms with E-state index in [0.29, 0.717) is 5.13 Å². The van der Waals surface area contributed by atoms with E-state index in [1.54, 1.807) is 0 Å². The molecule has 0 radical (unpaired) electrons. The zero-order valence-electron chi connectivity index (χ0n) is 14.0. The third-order valence-electron chi connectivity index (χ3n) is 3.96. The van der Waals surface area contributed by atoms with E-state index in [0.717, 1.165) is 24.5 Å². The van der Waals surface area contributed by atoms with Gasteiger partial charge in [-0.15, -0.1) is 0 Å². The molecule has 1 aliphatic heterocycles. The first-order valence-corrected chi connectivity index (χ1v) is 8.63. The summed E-state index contributed by atoms with van der Waals surface area (Å²) in [6.45, 7) is 8.85. The van der Waals surface area contributed by atoms with Gasteiger partial charge in [0.1, 0.15) is 11.9 Å². The molecule has 1 N–H and O–H groups in total. The number of aromatic nitrogens is 2. The van der Waals surface area contributed by atoms with Crippen LogP contribution in [0.2, 0.25) is 0 Å². The monoisotopic (exact) mass is 330 g/mol. The average Bonchev–Trinajstić information content (AvgIpc) is 3.12. The molecule has 1 aromatic heterocycles. The van der Waals surface area contributed by atoms with Crippen molar-refractivity contribution in [3.05, 3.63) is 35.7 Å². The van der Waals surface area contributed by atoms with Gasteiger partial charge in [0.25, 0.3) is 0 Å². The topological polar surface area (TPSA) is 58.1 Å². The predicted octanol–water partition coefficient (Wildman–Crippen LogP) is 3.23. The first-order chi connectivity index (χ1) is 10.9. The van der Waals surface area contributed by atoms with Crippen LogP contribution in [0.5, 0.6) is 0 Å². The summed E-state index contributed by atoms with van der Waals surface area (Å²) in [6, 6.07) is 7.76. The Morgan fingerprint density at radius 1 is 1.35 bits per heavy atom. The van der Waals surface area contributed by atoms with E-state index < -0.39 is 0 Å². The number of nitrogens with one attached hydrogen (secondary N) is 1. The first-order valence-electron chi connectivity index (χ1n) is 7.86. The lowest BCUT2D eigenvalue weighted by molar-refractivity contribution is -0.118. The van der Waals surface area contributed by atoms with Crippen LogP contribution < -0.4 is 10.2 Å². The highest BCUT2D eigenvalue weighted by Gasteiger charge is 2.28. The number of amides is 1. The van der Waals surface area contributed by atoms with Crippen LogP contribution in [-0.2, 0) is 16.6 Å². The second kappa shape index (κ2) is 5.92. The van der Waals surface area contributed by atoms with Crippen molar-refractivity contribution in [3.63, 3.8) is 0 Å². The molecule has 23 heavy (non-hydrogen) atoms. The molecule has 1 unspecified atom stereocenters. The quantitative estimate of drug-likeness (QED) is 0.939. The molecule has 1 aromatic carbocycles. The molecule has 3 rings (SSSR count). The molecule has 122 valence electrons. The van der Waals surface area contributed by atoms with Crippen LogP contribution in [0.25, 0.3) is 0 Å². The van der Waals surface area contributed by atoms with Crippen molar-refractivity contribution in [2.24, 2.45) is 0 Å².